The minimum atomic E-state index is -1.83. The Morgan fingerprint density at radius 1 is 0.609 bits per heavy atom. The maximum Gasteiger partial charge on any atom is 0.328 e. The molecule has 0 aliphatic carbocycles. The summed E-state index contributed by atoms with van der Waals surface area (Å²) in [5, 5.41) is 60.3. The SMILES string of the molecule is CSCC[C@H](NC(=O)[C@H](CCCN=C(N)N)NC(=O)[C@H](CCC(=O)O)NC(=O)[C@H](CC(=O)O)NC(=O)[C@@H](N)Cc1cnc[nH]1)C(=O)N[C@@H](Cc1ccccc1)C(=O)N[C@@H](CC(C)C)C(=O)N[C@@H](CS)C(=O)N[C@@H](CCCCN)C(=O)N[C@@H](CO)C(=O)O. The lowest BCUT2D eigenvalue weighted by Crippen LogP contribution is -2.61. The Balaban J connectivity index is 2.51. The van der Waals surface area contributed by atoms with E-state index in [0.717, 1.165) is 0 Å². The van der Waals surface area contributed by atoms with Gasteiger partial charge in [0.15, 0.2) is 5.96 Å². The largest absolute Gasteiger partial charge is 0.481 e. The van der Waals surface area contributed by atoms with Crippen molar-refractivity contribution in [3.63, 3.8) is 0 Å². The van der Waals surface area contributed by atoms with Crippen molar-refractivity contribution < 1.29 is 78.0 Å². The molecule has 0 fully saturated rings. The summed E-state index contributed by atoms with van der Waals surface area (Å²) in [5.74, 6) is -13.8. The van der Waals surface area contributed by atoms with Gasteiger partial charge in [0.05, 0.1) is 25.4 Å². The van der Waals surface area contributed by atoms with Crippen LogP contribution in [0.1, 0.15) is 89.3 Å². The molecule has 0 aliphatic rings. The summed E-state index contributed by atoms with van der Waals surface area (Å²) in [6.07, 6.45) is 2.39. The van der Waals surface area contributed by atoms with Crippen LogP contribution in [0.2, 0.25) is 0 Å². The highest BCUT2D eigenvalue weighted by atomic mass is 32.2. The van der Waals surface area contributed by atoms with Crippen molar-refractivity contribution in [3.05, 3.63) is 54.1 Å². The van der Waals surface area contributed by atoms with E-state index in [1.54, 1.807) is 50.4 Å². The molecular weight excluding hydrogens is 1180 g/mol. The third kappa shape index (κ3) is 29.2. The first-order valence-corrected chi connectivity index (χ1v) is 29.9. The maximum atomic E-state index is 14.5. The van der Waals surface area contributed by atoms with Gasteiger partial charge in [-0.25, -0.2) is 9.78 Å². The quantitative estimate of drug-likeness (QED) is 0.0128. The number of imidazole rings is 1. The Hall–Kier alpha value is -8.08. The van der Waals surface area contributed by atoms with Gasteiger partial charge in [0.2, 0.25) is 53.2 Å². The number of carboxylic acid groups (broad SMARTS) is 3. The van der Waals surface area contributed by atoms with Gasteiger partial charge >= 0.3 is 17.9 Å². The molecule has 9 amide bonds. The summed E-state index contributed by atoms with van der Waals surface area (Å²) in [6.45, 7) is 2.75. The average molecular weight is 1270 g/mol. The second-order valence-corrected chi connectivity index (χ2v) is 21.9. The molecule has 34 heteroatoms. The Labute approximate surface area is 512 Å². The Morgan fingerprint density at radius 2 is 1.09 bits per heavy atom. The van der Waals surface area contributed by atoms with Crippen LogP contribution in [-0.4, -0.2) is 205 Å². The number of rotatable bonds is 43. The Morgan fingerprint density at radius 3 is 1.59 bits per heavy atom. The highest BCUT2D eigenvalue weighted by Crippen LogP contribution is 2.13. The number of carbonyl (C=O) groups excluding carboxylic acids is 9. The number of aromatic nitrogens is 2. The number of benzene rings is 1. The highest BCUT2D eigenvalue weighted by molar-refractivity contribution is 7.98. The molecule has 0 saturated heterocycles. The van der Waals surface area contributed by atoms with Gasteiger partial charge in [-0.3, -0.25) is 57.7 Å². The minimum absolute atomic E-state index is 0.00261. The Bertz CT molecular complexity index is 2620. The normalized spacial score (nSPS) is 14.5. The summed E-state index contributed by atoms with van der Waals surface area (Å²) in [6, 6.07) is -6.68. The van der Waals surface area contributed by atoms with Crippen LogP contribution in [0.15, 0.2) is 47.8 Å². The fourth-order valence-corrected chi connectivity index (χ4v) is 9.01. The minimum Gasteiger partial charge on any atom is -0.481 e. The fourth-order valence-electron chi connectivity index (χ4n) is 8.28. The van der Waals surface area contributed by atoms with E-state index < -0.39 is 157 Å². The molecule has 484 valence electrons. The van der Waals surface area contributed by atoms with Crippen molar-refractivity contribution in [2.45, 2.75) is 151 Å². The third-order valence-electron chi connectivity index (χ3n) is 12.9. The van der Waals surface area contributed by atoms with Crippen LogP contribution in [0.4, 0.5) is 0 Å². The molecule has 0 unspecified atom stereocenters. The number of hydrogen-bond acceptors (Lipinski definition) is 19. The number of carboxylic acids is 3. The molecule has 10 atom stereocenters. The number of aliphatic carboxylic acids is 3. The number of guanidine groups is 1. The number of nitrogens with two attached hydrogens (primary N) is 4. The first-order valence-electron chi connectivity index (χ1n) is 27.9. The molecule has 0 saturated carbocycles. The van der Waals surface area contributed by atoms with Crippen LogP contribution in [-0.2, 0) is 70.4 Å². The van der Waals surface area contributed by atoms with Gasteiger partial charge in [-0.15, -0.1) is 0 Å². The van der Waals surface area contributed by atoms with Gasteiger partial charge in [0.25, 0.3) is 0 Å². The highest BCUT2D eigenvalue weighted by Gasteiger charge is 2.36. The number of hydrogen-bond donors (Lipinski definition) is 19. The first kappa shape index (κ1) is 75.0. The van der Waals surface area contributed by atoms with Gasteiger partial charge in [-0.05, 0) is 81.4 Å². The van der Waals surface area contributed by atoms with Gasteiger partial charge in [-0.2, -0.15) is 24.4 Å². The number of aromatic amines is 1. The second-order valence-electron chi connectivity index (χ2n) is 20.5. The molecule has 0 aliphatic heterocycles. The fraction of sp³-hybridized carbons (Fsp3) is 0.585. The number of nitrogens with one attached hydrogen (secondary N) is 10. The molecule has 1 heterocycles. The molecule has 0 spiro atoms. The van der Waals surface area contributed by atoms with E-state index in [4.69, 9.17) is 22.9 Å². The molecule has 2 rings (SSSR count). The number of aliphatic hydroxyl groups excluding tert-OH is 1. The third-order valence-corrected chi connectivity index (χ3v) is 13.9. The van der Waals surface area contributed by atoms with Crippen molar-refractivity contribution in [3.8, 4) is 0 Å². The molecule has 22 N–H and O–H groups in total. The number of H-pyrrole nitrogens is 1. The van der Waals surface area contributed by atoms with Gasteiger partial charge in [-0.1, -0.05) is 44.2 Å². The number of aliphatic imine (C=N–C) groups is 1. The lowest BCUT2D eigenvalue weighted by molar-refractivity contribution is -0.143. The number of aliphatic hydroxyl groups is 1. The van der Waals surface area contributed by atoms with E-state index in [1.165, 1.54) is 24.3 Å². The molecule has 87 heavy (non-hydrogen) atoms. The van der Waals surface area contributed by atoms with E-state index in [1.807, 2.05) is 0 Å². The lowest BCUT2D eigenvalue weighted by Gasteiger charge is -2.28. The van der Waals surface area contributed by atoms with Crippen molar-refractivity contribution in [1.82, 2.24) is 57.8 Å². The van der Waals surface area contributed by atoms with Crippen LogP contribution in [0.3, 0.4) is 0 Å². The summed E-state index contributed by atoms with van der Waals surface area (Å²) in [5.41, 5.74) is 23.6. The molecule has 0 bridgehead atoms. The summed E-state index contributed by atoms with van der Waals surface area (Å²) >= 11 is 5.54. The smallest absolute Gasteiger partial charge is 0.328 e. The van der Waals surface area contributed by atoms with E-state index in [0.29, 0.717) is 24.1 Å². The van der Waals surface area contributed by atoms with Crippen LogP contribution in [0.5, 0.6) is 0 Å². The predicted molar refractivity (Wildman–Crippen MR) is 321 cm³/mol. The zero-order valence-corrected chi connectivity index (χ0v) is 50.4. The van der Waals surface area contributed by atoms with E-state index >= 15 is 0 Å². The number of thiol groups is 1. The van der Waals surface area contributed by atoms with Crippen LogP contribution in [0.25, 0.3) is 0 Å². The maximum absolute atomic E-state index is 14.5. The molecule has 32 nitrogen and oxygen atoms in total. The van der Waals surface area contributed by atoms with Gasteiger partial charge in [0.1, 0.15) is 54.4 Å². The van der Waals surface area contributed by atoms with Crippen LogP contribution in [0, 0.1) is 5.92 Å². The summed E-state index contributed by atoms with van der Waals surface area (Å²) < 4.78 is 0. The summed E-state index contributed by atoms with van der Waals surface area (Å²) in [7, 11) is 0. The van der Waals surface area contributed by atoms with Gasteiger partial charge in [0, 0.05) is 43.5 Å². The first-order chi connectivity index (χ1) is 41.2. The number of carbonyl (C=O) groups is 12. The molecule has 1 aromatic heterocycles. The average Bonchev–Trinajstić information content (AvgIpc) is 3.70. The zero-order valence-electron chi connectivity index (χ0n) is 48.7. The lowest BCUT2D eigenvalue weighted by atomic mass is 10.0. The number of unbranched alkanes of at least 4 members (excludes halogenated alkanes) is 1. The van der Waals surface area contributed by atoms with E-state index in [-0.39, 0.29) is 81.4 Å². The van der Waals surface area contributed by atoms with Crippen molar-refractivity contribution in [1.29, 1.82) is 0 Å². The Kier molecular flexibility index (Phi) is 34.8. The number of nitrogens with zero attached hydrogens (tertiary/aromatic N) is 2. The van der Waals surface area contributed by atoms with Crippen molar-refractivity contribution in [2.24, 2.45) is 33.8 Å². The number of thioether (sulfide) groups is 1. The van der Waals surface area contributed by atoms with E-state index in [9.17, 15) is 78.0 Å². The molecule has 0 radical (unpaired) electrons. The predicted octanol–water partition coefficient (Wildman–Crippen LogP) is -4.79. The number of amides is 9. The zero-order chi connectivity index (χ0) is 65.2. The van der Waals surface area contributed by atoms with Crippen LogP contribution >= 0.6 is 24.4 Å². The summed E-state index contributed by atoms with van der Waals surface area (Å²) in [4.78, 5) is 171. The van der Waals surface area contributed by atoms with Crippen LogP contribution < -0.4 is 70.8 Å². The topological polar surface area (TPSA) is 539 Å². The monoisotopic (exact) mass is 1260 g/mol. The van der Waals surface area contributed by atoms with E-state index in [2.05, 4.69) is 75.4 Å². The molecular formula is C53H84N16O16S2. The van der Waals surface area contributed by atoms with Crippen molar-refractivity contribution in [2.75, 3.05) is 37.5 Å². The van der Waals surface area contributed by atoms with Crippen molar-refractivity contribution >= 4 is 101 Å². The van der Waals surface area contributed by atoms with Gasteiger partial charge < -0.3 is 96.2 Å². The standard InChI is InChI=1S/C53H84N16O16S2/c1-28(2)20-36(48(80)69-40(26-86)51(83)62-32(12-7-8-17-54)45(77)68-39(25-70)52(84)85)66-49(81)37(21-29-10-5-4-6-11-29)67-47(79)35(16-19-87-3)64-44(76)33(13-9-18-59-53(56)57)61-46(78)34(14-15-41(71)72)63-50(82)38(23-42(73)74)65-43(75)31(55)22-30-24-58-27-60-30/h4-6,10-11,24,27-28,31-40,70,86H,7-9,12-23,25-26,54-55H2,1-3H3,(H,58,60)(H,61,78)(H,62,83)(H,63,82)(H,64,76)(H,65,75)(H,66,81)(H,67,79)(H,68,77)(H,69,80)(H,71,72)(H,73,74)(H,84,85)(H4,56,57,59)/t31-,32-,33-,34-,35-,36-,37-,38-,39-,40-/m0/s1. The second kappa shape index (κ2) is 40.3. The molecule has 2 aromatic rings. The molecule has 1 aromatic carbocycles.